The lowest BCUT2D eigenvalue weighted by molar-refractivity contribution is 0.617. The van der Waals surface area contributed by atoms with Crippen molar-refractivity contribution in [1.82, 2.24) is 5.32 Å². The van der Waals surface area contributed by atoms with Crippen LogP contribution in [0.1, 0.15) is 18.5 Å². The summed E-state index contributed by atoms with van der Waals surface area (Å²) < 4.78 is 0. The molecule has 0 heterocycles. The molecule has 0 spiro atoms. The van der Waals surface area contributed by atoms with Gasteiger partial charge >= 0.3 is 0 Å². The van der Waals surface area contributed by atoms with Crippen LogP contribution in [-0.4, -0.2) is 12.4 Å². The smallest absolute Gasteiger partial charge is 0.0406 e. The topological polar surface area (TPSA) is 12.0 Å². The Balaban J connectivity index is 2.43. The van der Waals surface area contributed by atoms with Crippen molar-refractivity contribution < 1.29 is 0 Å². The Morgan fingerprint density at radius 2 is 1.93 bits per heavy atom. The van der Waals surface area contributed by atoms with Crippen molar-refractivity contribution in [1.29, 1.82) is 0 Å². The Hall–Kier alpha value is -0.500. The number of hydrogen-bond donors (Lipinski definition) is 1. The van der Waals surface area contributed by atoms with Gasteiger partial charge in [-0.25, -0.2) is 0 Å². The molecule has 0 aliphatic carbocycles. The van der Waals surface area contributed by atoms with Crippen LogP contribution in [0, 0.1) is 0 Å². The highest BCUT2D eigenvalue weighted by Crippen LogP contribution is 2.15. The van der Waals surface area contributed by atoms with Crippen molar-refractivity contribution in [2.75, 3.05) is 12.4 Å². The second-order valence-electron chi connectivity index (χ2n) is 3.31. The van der Waals surface area contributed by atoms with Crippen molar-refractivity contribution >= 4 is 23.2 Å². The number of benzene rings is 1. The molecule has 1 atom stereocenters. The van der Waals surface area contributed by atoms with Crippen LogP contribution in [0.3, 0.4) is 0 Å². The minimum absolute atomic E-state index is 0.322. The number of hydrogen-bond acceptors (Lipinski definition) is 1. The van der Waals surface area contributed by atoms with E-state index in [0.29, 0.717) is 11.9 Å². The molecule has 0 aliphatic heterocycles. The van der Waals surface area contributed by atoms with E-state index in [1.807, 2.05) is 36.4 Å². The van der Waals surface area contributed by atoms with Crippen LogP contribution in [0.15, 0.2) is 36.4 Å². The van der Waals surface area contributed by atoms with Gasteiger partial charge in [0, 0.05) is 23.5 Å². The molecular formula is C12H15Cl2N. The van der Waals surface area contributed by atoms with E-state index in [1.165, 1.54) is 5.56 Å². The molecule has 82 valence electrons. The summed E-state index contributed by atoms with van der Waals surface area (Å²) >= 11 is 11.3. The van der Waals surface area contributed by atoms with E-state index >= 15 is 0 Å². The van der Waals surface area contributed by atoms with Crippen molar-refractivity contribution in [2.24, 2.45) is 0 Å². The molecule has 1 N–H and O–H groups in total. The van der Waals surface area contributed by atoms with Gasteiger partial charge in [0.15, 0.2) is 0 Å². The Labute approximate surface area is 101 Å². The molecule has 0 radical (unpaired) electrons. The maximum absolute atomic E-state index is 5.82. The Bertz CT molecular complexity index is 306. The molecule has 1 aromatic carbocycles. The molecule has 0 saturated heterocycles. The fourth-order valence-electron chi connectivity index (χ4n) is 1.26. The van der Waals surface area contributed by atoms with Crippen LogP contribution < -0.4 is 5.32 Å². The van der Waals surface area contributed by atoms with Crippen molar-refractivity contribution in [3.63, 3.8) is 0 Å². The summed E-state index contributed by atoms with van der Waals surface area (Å²) in [6, 6.07) is 8.20. The molecule has 0 aliphatic rings. The molecule has 0 bridgehead atoms. The molecule has 15 heavy (non-hydrogen) atoms. The van der Waals surface area contributed by atoms with Crippen LogP contribution in [0.4, 0.5) is 0 Å². The van der Waals surface area contributed by atoms with Crippen LogP contribution in [-0.2, 0) is 0 Å². The second-order valence-corrected chi connectivity index (χ2v) is 4.05. The number of allylic oxidation sites excluding steroid dienone is 1. The summed E-state index contributed by atoms with van der Waals surface area (Å²) in [4.78, 5) is 0. The molecule has 1 rings (SSSR count). The first kappa shape index (κ1) is 12.6. The molecule has 0 aromatic heterocycles. The van der Waals surface area contributed by atoms with Crippen LogP contribution >= 0.6 is 23.2 Å². The highest BCUT2D eigenvalue weighted by molar-refractivity contribution is 6.30. The maximum atomic E-state index is 5.82. The van der Waals surface area contributed by atoms with E-state index in [2.05, 4.69) is 12.2 Å². The first-order valence-corrected chi connectivity index (χ1v) is 5.85. The van der Waals surface area contributed by atoms with E-state index in [0.717, 1.165) is 11.6 Å². The summed E-state index contributed by atoms with van der Waals surface area (Å²) in [7, 11) is 0. The standard InChI is InChI=1S/C12H15Cl2N/c1-10(15-9-3-2-8-13)11-4-6-12(14)7-5-11/h2-7,10,15H,8-9H2,1H3/b3-2+. The number of halogens is 2. The largest absolute Gasteiger partial charge is 0.307 e. The highest BCUT2D eigenvalue weighted by Gasteiger charge is 2.02. The van der Waals surface area contributed by atoms with Gasteiger partial charge in [0.25, 0.3) is 0 Å². The Morgan fingerprint density at radius 1 is 1.27 bits per heavy atom. The van der Waals surface area contributed by atoms with Crippen molar-refractivity contribution in [2.45, 2.75) is 13.0 Å². The summed E-state index contributed by atoms with van der Waals surface area (Å²) in [6.45, 7) is 2.95. The first-order valence-electron chi connectivity index (χ1n) is 4.94. The lowest BCUT2D eigenvalue weighted by Gasteiger charge is -2.12. The first-order chi connectivity index (χ1) is 7.24. The summed E-state index contributed by atoms with van der Waals surface area (Å²) in [5, 5.41) is 4.14. The van der Waals surface area contributed by atoms with Gasteiger partial charge in [-0.1, -0.05) is 35.9 Å². The van der Waals surface area contributed by atoms with Crippen LogP contribution in [0.5, 0.6) is 0 Å². The summed E-state index contributed by atoms with van der Waals surface area (Å²) in [5.74, 6) is 0.566. The van der Waals surface area contributed by atoms with Crippen molar-refractivity contribution in [3.8, 4) is 0 Å². The lowest BCUT2D eigenvalue weighted by atomic mass is 10.1. The average molecular weight is 244 g/mol. The minimum Gasteiger partial charge on any atom is -0.307 e. The van der Waals surface area contributed by atoms with E-state index in [9.17, 15) is 0 Å². The fraction of sp³-hybridized carbons (Fsp3) is 0.333. The Kier molecular flexibility index (Phi) is 5.77. The second kappa shape index (κ2) is 6.89. The molecule has 0 fully saturated rings. The summed E-state index contributed by atoms with van der Waals surface area (Å²) in [5.41, 5.74) is 1.23. The number of nitrogens with one attached hydrogen (secondary N) is 1. The monoisotopic (exact) mass is 243 g/mol. The van der Waals surface area contributed by atoms with Gasteiger partial charge in [-0.3, -0.25) is 0 Å². The maximum Gasteiger partial charge on any atom is 0.0406 e. The van der Waals surface area contributed by atoms with Gasteiger partial charge in [-0.15, -0.1) is 11.6 Å². The fourth-order valence-corrected chi connectivity index (χ4v) is 1.51. The molecule has 3 heteroatoms. The van der Waals surface area contributed by atoms with E-state index < -0.39 is 0 Å². The number of rotatable bonds is 5. The molecule has 0 saturated carbocycles. The quantitative estimate of drug-likeness (QED) is 0.613. The molecule has 1 unspecified atom stereocenters. The third-order valence-corrected chi connectivity index (χ3v) is 2.60. The van der Waals surface area contributed by atoms with E-state index in [1.54, 1.807) is 0 Å². The van der Waals surface area contributed by atoms with Gasteiger partial charge in [-0.05, 0) is 24.6 Å². The SMILES string of the molecule is CC(NC/C=C/CCl)c1ccc(Cl)cc1. The number of alkyl halides is 1. The zero-order valence-corrected chi connectivity index (χ0v) is 10.2. The minimum atomic E-state index is 0.322. The summed E-state index contributed by atoms with van der Waals surface area (Å²) in [6.07, 6.45) is 3.96. The van der Waals surface area contributed by atoms with Crippen LogP contribution in [0.25, 0.3) is 0 Å². The third kappa shape index (κ3) is 4.70. The lowest BCUT2D eigenvalue weighted by Crippen LogP contribution is -2.18. The van der Waals surface area contributed by atoms with Gasteiger partial charge in [0.2, 0.25) is 0 Å². The van der Waals surface area contributed by atoms with Gasteiger partial charge in [-0.2, -0.15) is 0 Å². The predicted molar refractivity (Wildman–Crippen MR) is 67.7 cm³/mol. The van der Waals surface area contributed by atoms with Gasteiger partial charge < -0.3 is 5.32 Å². The highest BCUT2D eigenvalue weighted by atomic mass is 35.5. The third-order valence-electron chi connectivity index (χ3n) is 2.17. The van der Waals surface area contributed by atoms with E-state index in [4.69, 9.17) is 23.2 Å². The van der Waals surface area contributed by atoms with Crippen LogP contribution in [0.2, 0.25) is 5.02 Å². The normalized spacial score (nSPS) is 13.3. The zero-order valence-electron chi connectivity index (χ0n) is 8.71. The molecule has 1 aromatic rings. The Morgan fingerprint density at radius 3 is 2.53 bits per heavy atom. The predicted octanol–water partition coefficient (Wildman–Crippen LogP) is 3.79. The zero-order chi connectivity index (χ0) is 11.1. The van der Waals surface area contributed by atoms with Crippen molar-refractivity contribution in [3.05, 3.63) is 47.0 Å². The van der Waals surface area contributed by atoms with Gasteiger partial charge in [0.05, 0.1) is 0 Å². The van der Waals surface area contributed by atoms with E-state index in [-0.39, 0.29) is 0 Å². The van der Waals surface area contributed by atoms with Gasteiger partial charge in [0.1, 0.15) is 0 Å². The molecule has 1 nitrogen and oxygen atoms in total. The molecule has 0 amide bonds. The molecular weight excluding hydrogens is 229 g/mol. The average Bonchev–Trinajstić information content (AvgIpc) is 2.25.